The van der Waals surface area contributed by atoms with Gasteiger partial charge in [-0.25, -0.2) is 14.4 Å². The lowest BCUT2D eigenvalue weighted by Crippen LogP contribution is -2.53. The third-order valence-electron chi connectivity index (χ3n) is 5.69. The number of ether oxygens (including phenoxy) is 2. The number of piperazine rings is 1. The van der Waals surface area contributed by atoms with E-state index in [1.807, 2.05) is 45.0 Å². The van der Waals surface area contributed by atoms with E-state index in [0.717, 1.165) is 12.0 Å². The number of carbonyl (C=O) groups excluding carboxylic acids is 3. The van der Waals surface area contributed by atoms with Gasteiger partial charge >= 0.3 is 18.1 Å². The molecule has 9 nitrogen and oxygen atoms in total. The molecule has 0 spiro atoms. The Balaban J connectivity index is 1.77. The zero-order valence-corrected chi connectivity index (χ0v) is 20.1. The van der Waals surface area contributed by atoms with Gasteiger partial charge in [0.1, 0.15) is 5.60 Å². The molecule has 2 aliphatic rings. The van der Waals surface area contributed by atoms with E-state index in [-0.39, 0.29) is 12.1 Å². The van der Waals surface area contributed by atoms with E-state index in [9.17, 15) is 14.4 Å². The van der Waals surface area contributed by atoms with Crippen LogP contribution in [-0.4, -0.2) is 73.3 Å². The monoisotopic (exact) mass is 458 g/mol. The summed E-state index contributed by atoms with van der Waals surface area (Å²) in [7, 11) is 1.33. The van der Waals surface area contributed by atoms with Crippen LogP contribution >= 0.6 is 0 Å². The Labute approximate surface area is 195 Å². The molecule has 2 heterocycles. The van der Waals surface area contributed by atoms with Crippen molar-refractivity contribution in [3.05, 3.63) is 46.7 Å². The van der Waals surface area contributed by atoms with Gasteiger partial charge in [0, 0.05) is 38.4 Å². The van der Waals surface area contributed by atoms with E-state index in [2.05, 4.69) is 22.5 Å². The smallest absolute Gasteiger partial charge is 0.410 e. The molecule has 2 N–H and O–H groups in total. The van der Waals surface area contributed by atoms with Gasteiger partial charge in [0.2, 0.25) is 0 Å². The Kier molecular flexibility index (Phi) is 7.63. The van der Waals surface area contributed by atoms with Crippen LogP contribution < -0.4 is 10.6 Å². The SMILES string of the molecule is CCc1ccc([C@@H]2NC(=O)NC(CN3CCN(C(=O)OC(C)(C)C)CC3)=C2C(=O)OC)cc1. The molecule has 180 valence electrons. The summed E-state index contributed by atoms with van der Waals surface area (Å²) >= 11 is 0. The molecule has 1 aromatic carbocycles. The number of benzene rings is 1. The van der Waals surface area contributed by atoms with Crippen LogP contribution in [0.25, 0.3) is 0 Å². The number of esters is 1. The Morgan fingerprint density at radius 2 is 1.73 bits per heavy atom. The number of hydrogen-bond acceptors (Lipinski definition) is 6. The summed E-state index contributed by atoms with van der Waals surface area (Å²) in [5, 5.41) is 5.65. The largest absolute Gasteiger partial charge is 0.466 e. The predicted octanol–water partition coefficient (Wildman–Crippen LogP) is 2.58. The maximum absolute atomic E-state index is 12.7. The molecule has 2 aliphatic heterocycles. The van der Waals surface area contributed by atoms with Gasteiger partial charge in [-0.15, -0.1) is 0 Å². The minimum absolute atomic E-state index is 0.331. The lowest BCUT2D eigenvalue weighted by atomic mass is 9.94. The fraction of sp³-hybridized carbons (Fsp3) is 0.542. The van der Waals surface area contributed by atoms with Gasteiger partial charge < -0.3 is 25.0 Å². The molecule has 0 saturated carbocycles. The number of hydrogen-bond donors (Lipinski definition) is 2. The minimum Gasteiger partial charge on any atom is -0.466 e. The molecule has 0 aromatic heterocycles. The van der Waals surface area contributed by atoms with Crippen LogP contribution in [0.2, 0.25) is 0 Å². The summed E-state index contributed by atoms with van der Waals surface area (Å²) in [6, 6.07) is 6.87. The summed E-state index contributed by atoms with van der Waals surface area (Å²) in [6.07, 6.45) is 0.571. The quantitative estimate of drug-likeness (QED) is 0.658. The fourth-order valence-corrected chi connectivity index (χ4v) is 3.93. The average Bonchev–Trinajstić information content (AvgIpc) is 2.77. The van der Waals surface area contributed by atoms with Crippen LogP contribution in [0.1, 0.15) is 44.9 Å². The van der Waals surface area contributed by atoms with Crippen molar-refractivity contribution in [1.82, 2.24) is 20.4 Å². The number of amides is 3. The van der Waals surface area contributed by atoms with Crippen LogP contribution in [0, 0.1) is 0 Å². The van der Waals surface area contributed by atoms with Crippen LogP contribution in [0.4, 0.5) is 9.59 Å². The number of nitrogens with zero attached hydrogens (tertiary/aromatic N) is 2. The second-order valence-corrected chi connectivity index (χ2v) is 9.25. The molecule has 1 saturated heterocycles. The molecular formula is C24H34N4O5. The number of nitrogens with one attached hydrogen (secondary N) is 2. The van der Waals surface area contributed by atoms with Crippen molar-refractivity contribution in [2.45, 2.75) is 45.8 Å². The summed E-state index contributed by atoms with van der Waals surface area (Å²) in [6.45, 7) is 10.2. The molecule has 3 rings (SSSR count). The Bertz CT molecular complexity index is 912. The molecule has 1 aromatic rings. The zero-order valence-electron chi connectivity index (χ0n) is 20.1. The Morgan fingerprint density at radius 3 is 2.27 bits per heavy atom. The molecule has 0 radical (unpaired) electrons. The molecule has 1 atom stereocenters. The molecule has 0 aliphatic carbocycles. The lowest BCUT2D eigenvalue weighted by Gasteiger charge is -2.37. The molecule has 9 heteroatoms. The summed E-state index contributed by atoms with van der Waals surface area (Å²) in [5.74, 6) is -0.491. The van der Waals surface area contributed by atoms with Crippen molar-refractivity contribution < 1.29 is 23.9 Å². The molecule has 0 unspecified atom stereocenters. The van der Waals surface area contributed by atoms with Gasteiger partial charge in [-0.3, -0.25) is 4.90 Å². The highest BCUT2D eigenvalue weighted by atomic mass is 16.6. The zero-order chi connectivity index (χ0) is 24.2. The Morgan fingerprint density at radius 1 is 1.09 bits per heavy atom. The van der Waals surface area contributed by atoms with Gasteiger partial charge in [-0.05, 0) is 38.3 Å². The molecule has 1 fully saturated rings. The maximum atomic E-state index is 12.7. The summed E-state index contributed by atoms with van der Waals surface area (Å²) in [5.41, 5.74) is 2.34. The van der Waals surface area contributed by atoms with Crippen LogP contribution in [-0.2, 0) is 20.7 Å². The summed E-state index contributed by atoms with van der Waals surface area (Å²) in [4.78, 5) is 41.3. The van der Waals surface area contributed by atoms with Crippen molar-refractivity contribution in [3.63, 3.8) is 0 Å². The van der Waals surface area contributed by atoms with Gasteiger partial charge in [-0.2, -0.15) is 0 Å². The molecule has 3 amide bonds. The van der Waals surface area contributed by atoms with Crippen molar-refractivity contribution in [3.8, 4) is 0 Å². The Hall–Kier alpha value is -3.07. The highest BCUT2D eigenvalue weighted by molar-refractivity contribution is 5.95. The number of urea groups is 1. The third kappa shape index (κ3) is 6.25. The van der Waals surface area contributed by atoms with Gasteiger partial charge in [0.25, 0.3) is 0 Å². The van der Waals surface area contributed by atoms with Crippen molar-refractivity contribution >= 4 is 18.1 Å². The van der Waals surface area contributed by atoms with E-state index in [4.69, 9.17) is 9.47 Å². The first-order valence-corrected chi connectivity index (χ1v) is 11.3. The van der Waals surface area contributed by atoms with E-state index in [1.165, 1.54) is 12.7 Å². The minimum atomic E-state index is -0.602. The van der Waals surface area contributed by atoms with Gasteiger partial charge in [0.05, 0.1) is 18.7 Å². The second-order valence-electron chi connectivity index (χ2n) is 9.25. The topological polar surface area (TPSA) is 100 Å². The number of rotatable bonds is 5. The molecular weight excluding hydrogens is 424 g/mol. The standard InChI is InChI=1S/C24H34N4O5/c1-6-16-7-9-17(10-8-16)20-19(21(29)32-5)18(25-22(30)26-20)15-27-11-13-28(14-12-27)23(31)33-24(2,3)4/h7-10,20H,6,11-15H2,1-5H3,(H2,25,26,30)/t20-/m0/s1. The van der Waals surface area contributed by atoms with Crippen molar-refractivity contribution in [1.29, 1.82) is 0 Å². The van der Waals surface area contributed by atoms with Gasteiger partial charge in [0.15, 0.2) is 0 Å². The average molecular weight is 459 g/mol. The summed E-state index contributed by atoms with van der Waals surface area (Å²) < 4.78 is 10.5. The van der Waals surface area contributed by atoms with Crippen LogP contribution in [0.3, 0.4) is 0 Å². The molecule has 33 heavy (non-hydrogen) atoms. The van der Waals surface area contributed by atoms with Crippen molar-refractivity contribution in [2.75, 3.05) is 39.8 Å². The van der Waals surface area contributed by atoms with Crippen molar-refractivity contribution in [2.24, 2.45) is 0 Å². The highest BCUT2D eigenvalue weighted by Gasteiger charge is 2.35. The first-order chi connectivity index (χ1) is 15.6. The van der Waals surface area contributed by atoms with E-state index < -0.39 is 17.6 Å². The first-order valence-electron chi connectivity index (χ1n) is 11.3. The second kappa shape index (κ2) is 10.2. The maximum Gasteiger partial charge on any atom is 0.410 e. The number of methoxy groups -OCH3 is 1. The predicted molar refractivity (Wildman–Crippen MR) is 124 cm³/mol. The van der Waals surface area contributed by atoms with E-state index in [1.54, 1.807) is 4.90 Å². The normalized spacial score (nSPS) is 19.6. The van der Waals surface area contributed by atoms with E-state index in [0.29, 0.717) is 44.0 Å². The van der Waals surface area contributed by atoms with Crippen LogP contribution in [0.15, 0.2) is 35.5 Å². The molecule has 0 bridgehead atoms. The number of carbonyl (C=O) groups is 3. The third-order valence-corrected chi connectivity index (χ3v) is 5.69. The fourth-order valence-electron chi connectivity index (χ4n) is 3.93. The first kappa shape index (κ1) is 24.6. The van der Waals surface area contributed by atoms with Gasteiger partial charge in [-0.1, -0.05) is 31.2 Å². The lowest BCUT2D eigenvalue weighted by molar-refractivity contribution is -0.136. The van der Waals surface area contributed by atoms with Crippen LogP contribution in [0.5, 0.6) is 0 Å². The van der Waals surface area contributed by atoms with E-state index >= 15 is 0 Å². The number of aryl methyl sites for hydroxylation is 1. The highest BCUT2D eigenvalue weighted by Crippen LogP contribution is 2.28.